The number of halogens is 1. The third kappa shape index (κ3) is 6.24. The van der Waals surface area contributed by atoms with Crippen molar-refractivity contribution in [3.63, 3.8) is 0 Å². The molecule has 2 aromatic heterocycles. The Bertz CT molecular complexity index is 1770. The topological polar surface area (TPSA) is 126 Å². The predicted octanol–water partition coefficient (Wildman–Crippen LogP) is 5.57. The van der Waals surface area contributed by atoms with E-state index >= 15 is 4.39 Å². The van der Waals surface area contributed by atoms with Crippen LogP contribution in [0, 0.1) is 22.6 Å². The second kappa shape index (κ2) is 12.7. The first-order chi connectivity index (χ1) is 21.8. The van der Waals surface area contributed by atoms with E-state index in [1.165, 1.54) is 12.4 Å². The highest BCUT2D eigenvalue weighted by atomic mass is 19.1. The van der Waals surface area contributed by atoms with E-state index in [1.54, 1.807) is 33.8 Å². The highest BCUT2D eigenvalue weighted by molar-refractivity contribution is 5.99. The number of anilines is 1. The Morgan fingerprint density at radius 3 is 2.64 bits per heavy atom. The van der Waals surface area contributed by atoms with Gasteiger partial charge in [0.2, 0.25) is 0 Å². The number of nitrogen functional groups attached to an aromatic ring is 1. The zero-order chi connectivity index (χ0) is 31.6. The highest BCUT2D eigenvalue weighted by Gasteiger charge is 2.37. The van der Waals surface area contributed by atoms with Gasteiger partial charge < -0.3 is 20.3 Å². The normalized spacial score (nSPS) is 18.1. The summed E-state index contributed by atoms with van der Waals surface area (Å²) < 4.78 is 23.1. The van der Waals surface area contributed by atoms with Crippen molar-refractivity contribution < 1.29 is 13.9 Å². The summed E-state index contributed by atoms with van der Waals surface area (Å²) in [6.07, 6.45) is 8.94. The summed E-state index contributed by atoms with van der Waals surface area (Å²) in [4.78, 5) is 26.3. The molecule has 3 heterocycles. The number of carbonyl (C=O) groups is 1. The van der Waals surface area contributed by atoms with Crippen molar-refractivity contribution in [2.24, 2.45) is 5.41 Å². The van der Waals surface area contributed by atoms with E-state index in [-0.39, 0.29) is 34.3 Å². The van der Waals surface area contributed by atoms with Crippen LogP contribution in [0.15, 0.2) is 66.5 Å². The van der Waals surface area contributed by atoms with Gasteiger partial charge in [-0.3, -0.25) is 4.79 Å². The average Bonchev–Trinajstić information content (AvgIpc) is 3.76. The molecule has 45 heavy (non-hydrogen) atoms. The van der Waals surface area contributed by atoms with Crippen LogP contribution in [0.1, 0.15) is 38.5 Å². The first-order valence-corrected chi connectivity index (χ1v) is 15.4. The van der Waals surface area contributed by atoms with Gasteiger partial charge >= 0.3 is 0 Å². The number of aromatic nitrogens is 4. The summed E-state index contributed by atoms with van der Waals surface area (Å²) in [5.74, 6) is 0.344. The molecule has 1 unspecified atom stereocenters. The molecule has 1 saturated heterocycles. The van der Waals surface area contributed by atoms with Gasteiger partial charge in [0.25, 0.3) is 5.91 Å². The zero-order valence-electron chi connectivity index (χ0n) is 25.6. The number of benzene rings is 2. The number of amides is 1. The van der Waals surface area contributed by atoms with E-state index < -0.39 is 5.82 Å². The number of rotatable bonds is 9. The van der Waals surface area contributed by atoms with Gasteiger partial charge in [0.1, 0.15) is 46.8 Å². The first-order valence-electron chi connectivity index (χ1n) is 15.4. The Kier molecular flexibility index (Phi) is 8.50. The molecule has 0 radical (unpaired) electrons. The van der Waals surface area contributed by atoms with Crippen LogP contribution in [0.3, 0.4) is 0 Å². The zero-order valence-corrected chi connectivity index (χ0v) is 25.6. The first kappa shape index (κ1) is 30.2. The fourth-order valence-electron chi connectivity index (χ4n) is 6.87. The number of nitrogens with zero attached hydrogens (tertiary/aromatic N) is 7. The molecule has 0 spiro atoms. The Morgan fingerprint density at radius 2 is 1.93 bits per heavy atom. The molecule has 0 bridgehead atoms. The maximum atomic E-state index is 15.6. The molecule has 2 aromatic carbocycles. The van der Waals surface area contributed by atoms with Crippen LogP contribution < -0.4 is 10.5 Å². The van der Waals surface area contributed by atoms with Crippen LogP contribution in [-0.2, 0) is 11.3 Å². The van der Waals surface area contributed by atoms with Crippen molar-refractivity contribution in [1.29, 1.82) is 5.26 Å². The lowest BCUT2D eigenvalue weighted by Gasteiger charge is -2.30. The highest BCUT2D eigenvalue weighted by Crippen LogP contribution is 2.41. The molecule has 1 saturated carbocycles. The van der Waals surface area contributed by atoms with Crippen LogP contribution in [0.4, 0.5) is 10.2 Å². The van der Waals surface area contributed by atoms with Crippen molar-refractivity contribution in [2.45, 2.75) is 51.1 Å². The number of carbonyl (C=O) groups excluding carboxylic acids is 1. The number of hydrogen-bond acceptors (Lipinski definition) is 8. The molecular weight excluding hydrogens is 571 g/mol. The number of nitrogens with two attached hydrogens (primary N) is 1. The fraction of sp³-hybridized carbons (Fsp3) is 0.382. The van der Waals surface area contributed by atoms with Crippen LogP contribution in [-0.4, -0.2) is 68.7 Å². The van der Waals surface area contributed by atoms with Gasteiger partial charge in [-0.15, -0.1) is 0 Å². The second-order valence-electron chi connectivity index (χ2n) is 12.3. The van der Waals surface area contributed by atoms with E-state index in [4.69, 9.17) is 15.6 Å². The predicted molar refractivity (Wildman–Crippen MR) is 170 cm³/mol. The van der Waals surface area contributed by atoms with Gasteiger partial charge in [-0.05, 0) is 64.0 Å². The van der Waals surface area contributed by atoms with E-state index in [2.05, 4.69) is 20.9 Å². The van der Waals surface area contributed by atoms with Crippen molar-refractivity contribution in [2.75, 3.05) is 32.9 Å². The number of hydrogen-bond donors (Lipinski definition) is 1. The monoisotopic (exact) mass is 608 g/mol. The lowest BCUT2D eigenvalue weighted by molar-refractivity contribution is -0.127. The minimum absolute atomic E-state index is 0.174. The summed E-state index contributed by atoms with van der Waals surface area (Å²) in [6, 6.07) is 15.7. The molecule has 2 aliphatic rings. The number of para-hydroxylation sites is 1. The Labute approximate surface area is 261 Å². The maximum Gasteiger partial charge on any atom is 0.264 e. The summed E-state index contributed by atoms with van der Waals surface area (Å²) in [5.41, 5.74) is 7.31. The number of fused-ring (bicyclic) bond motifs is 1. The van der Waals surface area contributed by atoms with E-state index in [1.807, 2.05) is 38.4 Å². The van der Waals surface area contributed by atoms with Gasteiger partial charge in [-0.25, -0.2) is 19.0 Å². The number of likely N-dealkylation sites (tertiary alicyclic amines) is 1. The van der Waals surface area contributed by atoms with Crippen LogP contribution in [0.5, 0.6) is 11.5 Å². The Hall–Kier alpha value is -4.82. The van der Waals surface area contributed by atoms with Gasteiger partial charge in [0.15, 0.2) is 5.65 Å². The van der Waals surface area contributed by atoms with Crippen LogP contribution in [0.25, 0.3) is 22.3 Å². The third-order valence-electron chi connectivity index (χ3n) is 8.79. The minimum atomic E-state index is -0.529. The fourth-order valence-corrected chi connectivity index (χ4v) is 6.87. The molecule has 4 aromatic rings. The molecule has 2 fully saturated rings. The number of nitriles is 1. The molecule has 1 atom stereocenters. The minimum Gasteiger partial charge on any atom is -0.457 e. The largest absolute Gasteiger partial charge is 0.457 e. The van der Waals surface area contributed by atoms with E-state index in [0.717, 1.165) is 45.1 Å². The smallest absolute Gasteiger partial charge is 0.264 e. The SMILES string of the molecule is CN(C)CC1(C=C(C#N)C(=O)N2CCCC2Cn2nc(-c3ccc(Oc4ccccc4)cc3F)c3c(N)ncnc32)CCCC1. The van der Waals surface area contributed by atoms with Gasteiger partial charge in [0, 0.05) is 30.1 Å². The van der Waals surface area contributed by atoms with Crippen molar-refractivity contribution >= 4 is 22.8 Å². The third-order valence-corrected chi connectivity index (χ3v) is 8.79. The number of ether oxygens (including phenoxy) is 1. The molecule has 2 N–H and O–H groups in total. The van der Waals surface area contributed by atoms with E-state index in [0.29, 0.717) is 41.3 Å². The van der Waals surface area contributed by atoms with Crippen molar-refractivity contribution in [3.05, 3.63) is 72.3 Å². The molecule has 1 amide bonds. The molecule has 232 valence electrons. The summed E-state index contributed by atoms with van der Waals surface area (Å²) >= 11 is 0. The average molecular weight is 609 g/mol. The quantitative estimate of drug-likeness (QED) is 0.193. The Morgan fingerprint density at radius 1 is 1.16 bits per heavy atom. The summed E-state index contributed by atoms with van der Waals surface area (Å²) in [6.45, 7) is 1.66. The summed E-state index contributed by atoms with van der Waals surface area (Å²) in [7, 11) is 4.05. The molecule has 1 aliphatic carbocycles. The van der Waals surface area contributed by atoms with Crippen molar-refractivity contribution in [3.8, 4) is 28.8 Å². The molecule has 11 heteroatoms. The molecule has 10 nitrogen and oxygen atoms in total. The Balaban J connectivity index is 1.29. The molecule has 6 rings (SSSR count). The van der Waals surface area contributed by atoms with Gasteiger partial charge in [-0.2, -0.15) is 10.4 Å². The second-order valence-corrected chi connectivity index (χ2v) is 12.3. The lowest BCUT2D eigenvalue weighted by atomic mass is 9.83. The van der Waals surface area contributed by atoms with Gasteiger partial charge in [-0.1, -0.05) is 37.1 Å². The van der Waals surface area contributed by atoms with Gasteiger partial charge in [0.05, 0.1) is 18.0 Å². The maximum absolute atomic E-state index is 15.6. The lowest BCUT2D eigenvalue weighted by Crippen LogP contribution is -2.39. The molecule has 1 aliphatic heterocycles. The summed E-state index contributed by atoms with van der Waals surface area (Å²) in [5, 5.41) is 15.3. The van der Waals surface area contributed by atoms with Crippen molar-refractivity contribution in [1.82, 2.24) is 29.5 Å². The molecular formula is C34H37FN8O2. The van der Waals surface area contributed by atoms with Crippen LogP contribution >= 0.6 is 0 Å². The van der Waals surface area contributed by atoms with E-state index in [9.17, 15) is 10.1 Å². The van der Waals surface area contributed by atoms with Crippen LogP contribution in [0.2, 0.25) is 0 Å². The standard InChI is InChI=1S/C34H37FN8O2/c1-41(2)21-34(14-6-7-15-34)18-23(19-36)33(44)42-16-8-9-24(42)20-43-32-29(31(37)38-22-39-32)30(40-43)27-13-12-26(17-28(27)35)45-25-10-4-3-5-11-25/h3-5,10-13,17-18,22,24H,6-9,14-16,20-21H2,1-2H3,(H2,37,38,39).